The molecule has 0 atom stereocenters. The number of benzene rings is 1. The minimum Gasteiger partial charge on any atom is -0.340 e. The molecule has 0 spiro atoms. The number of rotatable bonds is 6. The summed E-state index contributed by atoms with van der Waals surface area (Å²) in [6.07, 6.45) is 1.93. The Hall–Kier alpha value is -2.41. The molecule has 146 valence electrons. The topological polar surface area (TPSA) is 70.5 Å². The van der Waals surface area contributed by atoms with Gasteiger partial charge >= 0.3 is 0 Å². The standard InChI is InChI=1S/C20H29N5O2/c1-4-6-19(26)21-15-7-8-17-16(13-15)22-18(23(17)3)14-24-9-11-25(12-10-24)20(27)5-2/h7-8,13H,4-6,9-12,14H2,1-3H3,(H,21,26). The molecule has 2 aromatic rings. The molecule has 0 saturated carbocycles. The number of imidazole rings is 1. The van der Waals surface area contributed by atoms with Crippen LogP contribution >= 0.6 is 0 Å². The van der Waals surface area contributed by atoms with Crippen molar-refractivity contribution in [3.63, 3.8) is 0 Å². The summed E-state index contributed by atoms with van der Waals surface area (Å²) < 4.78 is 2.11. The molecule has 27 heavy (non-hydrogen) atoms. The molecule has 3 rings (SSSR count). The summed E-state index contributed by atoms with van der Waals surface area (Å²) in [5.74, 6) is 1.26. The normalized spacial score (nSPS) is 15.3. The van der Waals surface area contributed by atoms with Gasteiger partial charge in [-0.15, -0.1) is 0 Å². The van der Waals surface area contributed by atoms with Crippen molar-refractivity contribution in [2.75, 3.05) is 31.5 Å². The number of anilines is 1. The molecule has 1 aromatic carbocycles. The minimum absolute atomic E-state index is 0.0347. The number of aryl methyl sites for hydroxylation is 1. The van der Waals surface area contributed by atoms with Crippen LogP contribution in [0.25, 0.3) is 11.0 Å². The van der Waals surface area contributed by atoms with Crippen molar-refractivity contribution in [3.8, 4) is 0 Å². The van der Waals surface area contributed by atoms with E-state index in [1.807, 2.05) is 44.0 Å². The lowest BCUT2D eigenvalue weighted by molar-refractivity contribution is -0.132. The van der Waals surface area contributed by atoms with Crippen molar-refractivity contribution >= 4 is 28.5 Å². The van der Waals surface area contributed by atoms with Crippen LogP contribution in [0.1, 0.15) is 38.9 Å². The highest BCUT2D eigenvalue weighted by molar-refractivity contribution is 5.93. The number of carbonyl (C=O) groups is 2. The number of nitrogens with zero attached hydrogens (tertiary/aromatic N) is 4. The summed E-state index contributed by atoms with van der Waals surface area (Å²) in [5, 5.41) is 2.93. The van der Waals surface area contributed by atoms with Crippen molar-refractivity contribution in [1.82, 2.24) is 19.4 Å². The molecule has 1 N–H and O–H groups in total. The zero-order valence-corrected chi connectivity index (χ0v) is 16.5. The van der Waals surface area contributed by atoms with E-state index in [2.05, 4.69) is 14.8 Å². The summed E-state index contributed by atoms with van der Waals surface area (Å²) in [6.45, 7) is 7.96. The zero-order chi connectivity index (χ0) is 19.4. The summed E-state index contributed by atoms with van der Waals surface area (Å²) in [5.41, 5.74) is 2.73. The predicted octanol–water partition coefficient (Wildman–Crippen LogP) is 2.37. The van der Waals surface area contributed by atoms with Crippen LogP contribution in [0.2, 0.25) is 0 Å². The second kappa shape index (κ2) is 8.52. The van der Waals surface area contributed by atoms with Gasteiger partial charge in [0.05, 0.1) is 17.6 Å². The number of nitrogens with one attached hydrogen (secondary N) is 1. The number of hydrogen-bond donors (Lipinski definition) is 1. The molecular formula is C20H29N5O2. The van der Waals surface area contributed by atoms with Gasteiger partial charge in [-0.2, -0.15) is 0 Å². The fourth-order valence-electron chi connectivity index (χ4n) is 3.50. The summed E-state index contributed by atoms with van der Waals surface area (Å²) in [7, 11) is 2.02. The Balaban J connectivity index is 1.68. The molecule has 7 heteroatoms. The van der Waals surface area contributed by atoms with Gasteiger partial charge in [0, 0.05) is 51.8 Å². The van der Waals surface area contributed by atoms with E-state index in [0.717, 1.165) is 61.7 Å². The first-order chi connectivity index (χ1) is 13.0. The van der Waals surface area contributed by atoms with Gasteiger partial charge in [-0.3, -0.25) is 14.5 Å². The molecule has 1 fully saturated rings. The van der Waals surface area contributed by atoms with E-state index in [1.54, 1.807) is 0 Å². The van der Waals surface area contributed by atoms with Gasteiger partial charge in [-0.05, 0) is 24.6 Å². The Morgan fingerprint density at radius 2 is 1.89 bits per heavy atom. The molecule has 0 bridgehead atoms. The lowest BCUT2D eigenvalue weighted by Crippen LogP contribution is -2.48. The van der Waals surface area contributed by atoms with E-state index in [-0.39, 0.29) is 11.8 Å². The maximum atomic E-state index is 11.8. The molecule has 2 amide bonds. The number of fused-ring (bicyclic) bond motifs is 1. The van der Waals surface area contributed by atoms with Crippen LogP contribution in [0.15, 0.2) is 18.2 Å². The molecule has 1 aliphatic rings. The second-order valence-corrected chi connectivity index (χ2v) is 7.10. The van der Waals surface area contributed by atoms with Gasteiger partial charge < -0.3 is 14.8 Å². The molecule has 7 nitrogen and oxygen atoms in total. The minimum atomic E-state index is 0.0347. The van der Waals surface area contributed by atoms with E-state index in [4.69, 9.17) is 4.98 Å². The average molecular weight is 371 g/mol. The number of hydrogen-bond acceptors (Lipinski definition) is 4. The van der Waals surface area contributed by atoms with Gasteiger partial charge in [0.25, 0.3) is 0 Å². The third-order valence-corrected chi connectivity index (χ3v) is 5.13. The predicted molar refractivity (Wildman–Crippen MR) is 106 cm³/mol. The number of aromatic nitrogens is 2. The Bertz CT molecular complexity index is 821. The van der Waals surface area contributed by atoms with Crippen molar-refractivity contribution in [3.05, 3.63) is 24.0 Å². The van der Waals surface area contributed by atoms with Gasteiger partial charge in [0.1, 0.15) is 5.82 Å². The molecule has 0 radical (unpaired) electrons. The van der Waals surface area contributed by atoms with Crippen molar-refractivity contribution in [2.45, 2.75) is 39.7 Å². The Labute approximate surface area is 160 Å². The fourth-order valence-corrected chi connectivity index (χ4v) is 3.50. The molecule has 1 aliphatic heterocycles. The van der Waals surface area contributed by atoms with Gasteiger partial charge in [0.2, 0.25) is 11.8 Å². The zero-order valence-electron chi connectivity index (χ0n) is 16.5. The number of carbonyl (C=O) groups excluding carboxylic acids is 2. The average Bonchev–Trinajstić information content (AvgIpc) is 2.97. The van der Waals surface area contributed by atoms with Crippen LogP contribution in [0, 0.1) is 0 Å². The van der Waals surface area contributed by atoms with E-state index in [0.29, 0.717) is 12.8 Å². The maximum Gasteiger partial charge on any atom is 0.224 e. The van der Waals surface area contributed by atoms with Crippen LogP contribution in [0.5, 0.6) is 0 Å². The number of amides is 2. The van der Waals surface area contributed by atoms with E-state index in [1.165, 1.54) is 0 Å². The first-order valence-electron chi connectivity index (χ1n) is 9.77. The first kappa shape index (κ1) is 19.4. The van der Waals surface area contributed by atoms with Crippen LogP contribution in [-0.2, 0) is 23.2 Å². The van der Waals surface area contributed by atoms with Crippen LogP contribution in [0.4, 0.5) is 5.69 Å². The molecular weight excluding hydrogens is 342 g/mol. The molecule has 0 aliphatic carbocycles. The lowest BCUT2D eigenvalue weighted by atomic mass is 10.2. The highest BCUT2D eigenvalue weighted by Gasteiger charge is 2.21. The monoisotopic (exact) mass is 371 g/mol. The summed E-state index contributed by atoms with van der Waals surface area (Å²) in [6, 6.07) is 5.87. The summed E-state index contributed by atoms with van der Waals surface area (Å²) in [4.78, 5) is 32.7. The Kier molecular flexibility index (Phi) is 6.11. The van der Waals surface area contributed by atoms with Gasteiger partial charge in [-0.25, -0.2) is 4.98 Å². The number of piperazine rings is 1. The highest BCUT2D eigenvalue weighted by atomic mass is 16.2. The van der Waals surface area contributed by atoms with Crippen LogP contribution in [-0.4, -0.2) is 57.3 Å². The van der Waals surface area contributed by atoms with Gasteiger partial charge in [0.15, 0.2) is 0 Å². The lowest BCUT2D eigenvalue weighted by Gasteiger charge is -2.34. The van der Waals surface area contributed by atoms with Crippen molar-refractivity contribution < 1.29 is 9.59 Å². The fraction of sp³-hybridized carbons (Fsp3) is 0.550. The SMILES string of the molecule is CCCC(=O)Nc1ccc2c(c1)nc(CN1CCN(C(=O)CC)CC1)n2C. The molecule has 2 heterocycles. The second-order valence-electron chi connectivity index (χ2n) is 7.10. The first-order valence-corrected chi connectivity index (χ1v) is 9.77. The third-order valence-electron chi connectivity index (χ3n) is 5.13. The summed E-state index contributed by atoms with van der Waals surface area (Å²) >= 11 is 0. The Morgan fingerprint density at radius 1 is 1.15 bits per heavy atom. The van der Waals surface area contributed by atoms with E-state index < -0.39 is 0 Å². The highest BCUT2D eigenvalue weighted by Crippen LogP contribution is 2.21. The molecule has 0 unspecified atom stereocenters. The van der Waals surface area contributed by atoms with Crippen molar-refractivity contribution in [1.29, 1.82) is 0 Å². The van der Waals surface area contributed by atoms with Crippen molar-refractivity contribution in [2.24, 2.45) is 7.05 Å². The van der Waals surface area contributed by atoms with Crippen LogP contribution < -0.4 is 5.32 Å². The molecule has 1 saturated heterocycles. The smallest absolute Gasteiger partial charge is 0.224 e. The van der Waals surface area contributed by atoms with Gasteiger partial charge in [-0.1, -0.05) is 13.8 Å². The third kappa shape index (κ3) is 4.47. The largest absolute Gasteiger partial charge is 0.340 e. The molecule has 1 aromatic heterocycles. The Morgan fingerprint density at radius 3 is 2.56 bits per heavy atom. The quantitative estimate of drug-likeness (QED) is 0.846. The van der Waals surface area contributed by atoms with E-state index in [9.17, 15) is 9.59 Å². The maximum absolute atomic E-state index is 11.8. The van der Waals surface area contributed by atoms with E-state index >= 15 is 0 Å². The van der Waals surface area contributed by atoms with Crippen LogP contribution in [0.3, 0.4) is 0 Å².